The molecule has 2 aliphatic rings. The number of methoxy groups -OCH3 is 1. The Labute approximate surface area is 95.5 Å². The summed E-state index contributed by atoms with van der Waals surface area (Å²) in [5.41, 5.74) is 3.60. The molecular formula is C13H16N2O. The van der Waals surface area contributed by atoms with E-state index in [-0.39, 0.29) is 0 Å². The average molecular weight is 216 g/mol. The van der Waals surface area contributed by atoms with Crippen LogP contribution in [0.5, 0.6) is 5.75 Å². The van der Waals surface area contributed by atoms with E-state index in [9.17, 15) is 0 Å². The van der Waals surface area contributed by atoms with Crippen LogP contribution in [0, 0.1) is 18.8 Å². The van der Waals surface area contributed by atoms with E-state index in [2.05, 4.69) is 22.4 Å². The van der Waals surface area contributed by atoms with Gasteiger partial charge in [0, 0.05) is 25.2 Å². The molecule has 1 saturated heterocycles. The highest BCUT2D eigenvalue weighted by Crippen LogP contribution is 2.42. The normalized spacial score (nSPS) is 27.0. The van der Waals surface area contributed by atoms with Gasteiger partial charge in [0.15, 0.2) is 0 Å². The summed E-state index contributed by atoms with van der Waals surface area (Å²) in [4.78, 5) is 4.38. The molecule has 1 fully saturated rings. The Kier molecular flexibility index (Phi) is 2.21. The van der Waals surface area contributed by atoms with E-state index in [0.717, 1.165) is 30.5 Å². The summed E-state index contributed by atoms with van der Waals surface area (Å²) < 4.78 is 5.31. The van der Waals surface area contributed by atoms with Gasteiger partial charge in [0.05, 0.1) is 12.8 Å². The Morgan fingerprint density at radius 1 is 1.44 bits per heavy atom. The van der Waals surface area contributed by atoms with E-state index in [4.69, 9.17) is 4.74 Å². The van der Waals surface area contributed by atoms with Crippen LogP contribution in [0.1, 0.15) is 11.3 Å². The maximum Gasteiger partial charge on any atom is 0.140 e. The lowest BCUT2D eigenvalue weighted by Crippen LogP contribution is -2.22. The smallest absolute Gasteiger partial charge is 0.140 e. The summed E-state index contributed by atoms with van der Waals surface area (Å²) in [6, 6.07) is 2.10. The summed E-state index contributed by atoms with van der Waals surface area (Å²) in [5.74, 6) is 2.31. The molecule has 0 spiro atoms. The summed E-state index contributed by atoms with van der Waals surface area (Å²) in [7, 11) is 1.70. The maximum atomic E-state index is 5.31. The highest BCUT2D eigenvalue weighted by molar-refractivity contribution is 5.74. The van der Waals surface area contributed by atoms with Gasteiger partial charge in [-0.3, -0.25) is 4.98 Å². The second kappa shape index (κ2) is 3.59. The third-order valence-corrected chi connectivity index (χ3v) is 3.65. The van der Waals surface area contributed by atoms with E-state index in [1.54, 1.807) is 7.11 Å². The maximum absolute atomic E-state index is 5.31. The van der Waals surface area contributed by atoms with Crippen LogP contribution in [0.3, 0.4) is 0 Å². The van der Waals surface area contributed by atoms with Gasteiger partial charge < -0.3 is 10.1 Å². The van der Waals surface area contributed by atoms with Crippen molar-refractivity contribution >= 4 is 5.57 Å². The number of nitrogens with one attached hydrogen (secondary N) is 1. The van der Waals surface area contributed by atoms with Gasteiger partial charge in [-0.2, -0.15) is 0 Å². The third-order valence-electron chi connectivity index (χ3n) is 3.65. The standard InChI is InChI=1S/C13H16N2O/c1-8-13(16-2)4-10(6-15-8)11-3-9-5-14-7-12(9)11/h3-4,6,9,12,14H,5,7H2,1-2H3/t9-,12+/m1/s1. The van der Waals surface area contributed by atoms with Gasteiger partial charge in [0.25, 0.3) is 0 Å². The Hall–Kier alpha value is -1.35. The minimum atomic E-state index is 0.689. The molecule has 3 nitrogen and oxygen atoms in total. The summed E-state index contributed by atoms with van der Waals surface area (Å²) >= 11 is 0. The molecule has 1 aliphatic carbocycles. The highest BCUT2D eigenvalue weighted by Gasteiger charge is 2.36. The van der Waals surface area contributed by atoms with Gasteiger partial charge in [-0.25, -0.2) is 0 Å². The molecule has 2 heterocycles. The van der Waals surface area contributed by atoms with Crippen molar-refractivity contribution < 1.29 is 4.74 Å². The molecule has 0 radical (unpaired) electrons. The first-order valence-corrected chi connectivity index (χ1v) is 5.73. The molecule has 0 amide bonds. The van der Waals surface area contributed by atoms with Crippen molar-refractivity contribution in [2.45, 2.75) is 6.92 Å². The molecule has 1 N–H and O–H groups in total. The van der Waals surface area contributed by atoms with Gasteiger partial charge in [-0.05, 0) is 30.0 Å². The number of rotatable bonds is 2. The Bertz CT molecular complexity index is 453. The van der Waals surface area contributed by atoms with Crippen molar-refractivity contribution in [1.29, 1.82) is 0 Å². The molecule has 1 aromatic heterocycles. The molecule has 84 valence electrons. The zero-order valence-corrected chi connectivity index (χ0v) is 9.66. The molecule has 3 heteroatoms. The van der Waals surface area contributed by atoms with Crippen LogP contribution in [0.25, 0.3) is 5.57 Å². The molecule has 3 rings (SSSR count). The van der Waals surface area contributed by atoms with Crippen molar-refractivity contribution in [3.05, 3.63) is 29.6 Å². The number of nitrogens with zero attached hydrogens (tertiary/aromatic N) is 1. The zero-order chi connectivity index (χ0) is 11.1. The summed E-state index contributed by atoms with van der Waals surface area (Å²) in [6.07, 6.45) is 4.31. The Morgan fingerprint density at radius 2 is 2.31 bits per heavy atom. The SMILES string of the molecule is COc1cc(C2=C[C@@H]3CNC[C@H]23)cnc1C. The first-order valence-electron chi connectivity index (χ1n) is 5.73. The predicted molar refractivity (Wildman–Crippen MR) is 63.4 cm³/mol. The molecular weight excluding hydrogens is 200 g/mol. The molecule has 1 aliphatic heterocycles. The molecule has 0 bridgehead atoms. The van der Waals surface area contributed by atoms with Crippen LogP contribution < -0.4 is 10.1 Å². The molecule has 0 saturated carbocycles. The number of pyridine rings is 1. The van der Waals surface area contributed by atoms with E-state index in [1.807, 2.05) is 13.1 Å². The lowest BCUT2D eigenvalue weighted by Gasteiger charge is -2.29. The largest absolute Gasteiger partial charge is 0.495 e. The van der Waals surface area contributed by atoms with E-state index in [0.29, 0.717) is 5.92 Å². The third kappa shape index (κ3) is 1.35. The predicted octanol–water partition coefficient (Wildman–Crippen LogP) is 1.63. The van der Waals surface area contributed by atoms with Crippen molar-refractivity contribution in [1.82, 2.24) is 10.3 Å². The fourth-order valence-corrected chi connectivity index (χ4v) is 2.64. The van der Waals surface area contributed by atoms with Crippen LogP contribution >= 0.6 is 0 Å². The van der Waals surface area contributed by atoms with Crippen molar-refractivity contribution in [2.75, 3.05) is 20.2 Å². The van der Waals surface area contributed by atoms with Crippen molar-refractivity contribution in [3.63, 3.8) is 0 Å². The number of hydrogen-bond donors (Lipinski definition) is 1. The molecule has 1 aromatic rings. The van der Waals surface area contributed by atoms with E-state index >= 15 is 0 Å². The molecule has 0 aromatic carbocycles. The fraction of sp³-hybridized carbons (Fsp3) is 0.462. The van der Waals surface area contributed by atoms with Crippen LogP contribution in [0.15, 0.2) is 18.3 Å². The monoisotopic (exact) mass is 216 g/mol. The van der Waals surface area contributed by atoms with Gasteiger partial charge in [-0.15, -0.1) is 0 Å². The first kappa shape index (κ1) is 9.85. The number of aromatic nitrogens is 1. The minimum absolute atomic E-state index is 0.689. The van der Waals surface area contributed by atoms with Crippen LogP contribution in [-0.4, -0.2) is 25.2 Å². The van der Waals surface area contributed by atoms with Gasteiger partial charge >= 0.3 is 0 Å². The quantitative estimate of drug-likeness (QED) is 0.816. The molecule has 0 unspecified atom stereocenters. The van der Waals surface area contributed by atoms with Gasteiger partial charge in [-0.1, -0.05) is 6.08 Å². The lowest BCUT2D eigenvalue weighted by molar-refractivity contribution is 0.409. The van der Waals surface area contributed by atoms with Gasteiger partial charge in [0.1, 0.15) is 5.75 Å². The van der Waals surface area contributed by atoms with Crippen molar-refractivity contribution in [3.8, 4) is 5.75 Å². The second-order valence-corrected chi connectivity index (χ2v) is 4.56. The fourth-order valence-electron chi connectivity index (χ4n) is 2.64. The Balaban J connectivity index is 1.93. The number of ether oxygens (including phenoxy) is 1. The second-order valence-electron chi connectivity index (χ2n) is 4.56. The van der Waals surface area contributed by atoms with E-state index in [1.165, 1.54) is 11.1 Å². The Morgan fingerprint density at radius 3 is 3.06 bits per heavy atom. The number of aryl methyl sites for hydroxylation is 1. The minimum Gasteiger partial charge on any atom is -0.495 e. The van der Waals surface area contributed by atoms with Crippen LogP contribution in [0.2, 0.25) is 0 Å². The number of hydrogen-bond acceptors (Lipinski definition) is 3. The summed E-state index contributed by atoms with van der Waals surface area (Å²) in [6.45, 7) is 4.20. The topological polar surface area (TPSA) is 34.1 Å². The van der Waals surface area contributed by atoms with Gasteiger partial charge in [0.2, 0.25) is 0 Å². The average Bonchev–Trinajstić information content (AvgIpc) is 2.63. The molecule has 2 atom stereocenters. The van der Waals surface area contributed by atoms with E-state index < -0.39 is 0 Å². The summed E-state index contributed by atoms with van der Waals surface area (Å²) in [5, 5.41) is 3.42. The zero-order valence-electron chi connectivity index (χ0n) is 9.66. The van der Waals surface area contributed by atoms with Crippen LogP contribution in [-0.2, 0) is 0 Å². The molecule has 16 heavy (non-hydrogen) atoms. The first-order chi connectivity index (χ1) is 7.79. The highest BCUT2D eigenvalue weighted by atomic mass is 16.5. The lowest BCUT2D eigenvalue weighted by atomic mass is 9.74. The number of fused-ring (bicyclic) bond motifs is 1. The van der Waals surface area contributed by atoms with Crippen LogP contribution in [0.4, 0.5) is 0 Å². The van der Waals surface area contributed by atoms with Crippen molar-refractivity contribution in [2.24, 2.45) is 11.8 Å².